The van der Waals surface area contributed by atoms with Crippen molar-refractivity contribution in [3.8, 4) is 11.8 Å². The van der Waals surface area contributed by atoms with Gasteiger partial charge in [-0.3, -0.25) is 4.79 Å². The summed E-state index contributed by atoms with van der Waals surface area (Å²) in [5.41, 5.74) is 1.17. The first-order valence-corrected chi connectivity index (χ1v) is 4.71. The molecule has 0 saturated heterocycles. The maximum absolute atomic E-state index is 11.4. The van der Waals surface area contributed by atoms with Crippen LogP contribution in [0.3, 0.4) is 0 Å². The van der Waals surface area contributed by atoms with Crippen LogP contribution in [0.15, 0.2) is 29.3 Å². The Hall–Kier alpha value is -2.41. The molecule has 0 amide bonds. The molecule has 1 N–H and O–H groups in total. The molecule has 1 aromatic carbocycles. The van der Waals surface area contributed by atoms with Gasteiger partial charge in [-0.1, -0.05) is 11.8 Å². The van der Waals surface area contributed by atoms with Crippen LogP contribution < -0.4 is 5.56 Å². The average Bonchev–Trinajstić information content (AvgIpc) is 2.30. The highest BCUT2D eigenvalue weighted by molar-refractivity contribution is 5.78. The summed E-state index contributed by atoms with van der Waals surface area (Å²) in [5, 5.41) is 0.531. The normalized spacial score (nSPS) is 9.50. The highest BCUT2D eigenvalue weighted by Gasteiger charge is 1.98. The summed E-state index contributed by atoms with van der Waals surface area (Å²) in [6, 6.07) is 5.13. The van der Waals surface area contributed by atoms with Crippen LogP contribution in [0, 0.1) is 11.8 Å². The minimum Gasteiger partial charge on any atom is -0.313 e. The quantitative estimate of drug-likeness (QED) is 0.563. The summed E-state index contributed by atoms with van der Waals surface area (Å²) < 4.78 is 0. The van der Waals surface area contributed by atoms with E-state index in [0.717, 1.165) is 11.8 Å². The number of nitrogens with zero attached hydrogens (tertiary/aromatic N) is 1. The molecule has 2 aromatic rings. The maximum atomic E-state index is 11.4. The Labute approximate surface area is 91.3 Å². The van der Waals surface area contributed by atoms with E-state index in [0.29, 0.717) is 10.9 Å². The summed E-state index contributed by atoms with van der Waals surface area (Å²) in [4.78, 5) is 28.0. The highest BCUT2D eigenvalue weighted by Crippen LogP contribution is 2.08. The minimum absolute atomic E-state index is 0.169. The first-order valence-electron chi connectivity index (χ1n) is 4.71. The van der Waals surface area contributed by atoms with Gasteiger partial charge in [0.1, 0.15) is 6.29 Å². The highest BCUT2D eigenvalue weighted by atomic mass is 16.1. The summed E-state index contributed by atoms with van der Waals surface area (Å²) in [7, 11) is 0. The largest absolute Gasteiger partial charge is 0.313 e. The Morgan fingerprint density at radius 3 is 3.12 bits per heavy atom. The van der Waals surface area contributed by atoms with Crippen molar-refractivity contribution in [3.05, 3.63) is 40.4 Å². The standard InChI is InChI=1S/C12H8N2O2/c15-6-2-1-3-9-4-5-10-11(7-9)13-8-14-12(10)16/h4-8H,2H2,(H,13,14,16). The molecule has 0 radical (unpaired) electrons. The van der Waals surface area contributed by atoms with Crippen LogP contribution in [0.2, 0.25) is 0 Å². The van der Waals surface area contributed by atoms with E-state index in [4.69, 9.17) is 0 Å². The van der Waals surface area contributed by atoms with Crippen molar-refractivity contribution in [1.82, 2.24) is 9.97 Å². The van der Waals surface area contributed by atoms with E-state index in [1.807, 2.05) is 0 Å². The van der Waals surface area contributed by atoms with Crippen molar-refractivity contribution in [2.45, 2.75) is 6.42 Å². The zero-order valence-electron chi connectivity index (χ0n) is 8.36. The molecule has 0 spiro atoms. The molecule has 0 aliphatic heterocycles. The smallest absolute Gasteiger partial charge is 0.258 e. The lowest BCUT2D eigenvalue weighted by molar-refractivity contribution is -0.107. The van der Waals surface area contributed by atoms with Crippen molar-refractivity contribution in [3.63, 3.8) is 0 Å². The van der Waals surface area contributed by atoms with Crippen molar-refractivity contribution < 1.29 is 4.79 Å². The SMILES string of the molecule is O=CCC#Cc1ccc2c(=O)[nH]cnc2c1. The molecule has 0 unspecified atom stereocenters. The van der Waals surface area contributed by atoms with Crippen LogP contribution in [0.4, 0.5) is 0 Å². The lowest BCUT2D eigenvalue weighted by Crippen LogP contribution is -2.05. The van der Waals surface area contributed by atoms with Gasteiger partial charge in [-0.25, -0.2) is 4.98 Å². The first kappa shape index (κ1) is 10.1. The van der Waals surface area contributed by atoms with Crippen LogP contribution in [0.25, 0.3) is 10.9 Å². The van der Waals surface area contributed by atoms with Crippen LogP contribution >= 0.6 is 0 Å². The van der Waals surface area contributed by atoms with Gasteiger partial charge in [0.2, 0.25) is 0 Å². The molecule has 0 atom stereocenters. The maximum Gasteiger partial charge on any atom is 0.258 e. The molecule has 2 rings (SSSR count). The third-order valence-corrected chi connectivity index (χ3v) is 2.06. The summed E-state index contributed by atoms with van der Waals surface area (Å²) in [6.07, 6.45) is 2.31. The first-order chi connectivity index (χ1) is 7.81. The molecule has 4 heteroatoms. The number of carbonyl (C=O) groups is 1. The number of H-pyrrole nitrogens is 1. The van der Waals surface area contributed by atoms with Crippen LogP contribution in [-0.4, -0.2) is 16.3 Å². The summed E-state index contributed by atoms with van der Waals surface area (Å²) >= 11 is 0. The number of rotatable bonds is 1. The molecule has 78 valence electrons. The fraction of sp³-hybridized carbons (Fsp3) is 0.0833. The summed E-state index contributed by atoms with van der Waals surface area (Å²) in [5.74, 6) is 5.52. The van der Waals surface area contributed by atoms with E-state index < -0.39 is 0 Å². The molecular weight excluding hydrogens is 204 g/mol. The Morgan fingerprint density at radius 2 is 2.31 bits per heavy atom. The molecular formula is C12H8N2O2. The van der Waals surface area contributed by atoms with Crippen molar-refractivity contribution in [2.75, 3.05) is 0 Å². The zero-order valence-corrected chi connectivity index (χ0v) is 8.36. The number of aldehydes is 1. The lowest BCUT2D eigenvalue weighted by Gasteiger charge is -1.95. The number of aromatic amines is 1. The molecule has 0 aliphatic carbocycles. The van der Waals surface area contributed by atoms with Gasteiger partial charge >= 0.3 is 0 Å². The monoisotopic (exact) mass is 212 g/mol. The fourth-order valence-corrected chi connectivity index (χ4v) is 1.34. The average molecular weight is 212 g/mol. The molecule has 1 aromatic heterocycles. The third-order valence-electron chi connectivity index (χ3n) is 2.06. The predicted molar refractivity (Wildman–Crippen MR) is 59.9 cm³/mol. The Kier molecular flexibility index (Phi) is 2.79. The van der Waals surface area contributed by atoms with E-state index in [-0.39, 0.29) is 12.0 Å². The third kappa shape index (κ3) is 1.98. The zero-order chi connectivity index (χ0) is 11.4. The van der Waals surface area contributed by atoms with Gasteiger partial charge < -0.3 is 9.78 Å². The van der Waals surface area contributed by atoms with Gasteiger partial charge in [-0.2, -0.15) is 0 Å². The molecule has 0 saturated carbocycles. The number of nitrogens with one attached hydrogen (secondary N) is 1. The molecule has 0 aliphatic rings. The second-order valence-corrected chi connectivity index (χ2v) is 3.14. The lowest BCUT2D eigenvalue weighted by atomic mass is 10.1. The van der Waals surface area contributed by atoms with Crippen molar-refractivity contribution >= 4 is 17.2 Å². The van der Waals surface area contributed by atoms with Gasteiger partial charge in [-0.15, -0.1) is 0 Å². The van der Waals surface area contributed by atoms with Crippen molar-refractivity contribution in [1.29, 1.82) is 0 Å². The number of aromatic nitrogens is 2. The molecule has 0 fully saturated rings. The van der Waals surface area contributed by atoms with Gasteiger partial charge in [0.25, 0.3) is 5.56 Å². The Balaban J connectivity index is 2.50. The molecule has 0 bridgehead atoms. The fourth-order valence-electron chi connectivity index (χ4n) is 1.34. The van der Waals surface area contributed by atoms with Crippen LogP contribution in [0.1, 0.15) is 12.0 Å². The molecule has 16 heavy (non-hydrogen) atoms. The molecule has 4 nitrogen and oxygen atoms in total. The number of benzene rings is 1. The topological polar surface area (TPSA) is 62.8 Å². The molecule has 1 heterocycles. The Morgan fingerprint density at radius 1 is 1.44 bits per heavy atom. The van der Waals surface area contributed by atoms with Gasteiger partial charge in [0, 0.05) is 5.56 Å². The number of carbonyl (C=O) groups excluding carboxylic acids is 1. The van der Waals surface area contributed by atoms with Gasteiger partial charge in [0.15, 0.2) is 0 Å². The van der Waals surface area contributed by atoms with E-state index in [1.54, 1.807) is 18.2 Å². The summed E-state index contributed by atoms with van der Waals surface area (Å²) in [6.45, 7) is 0. The second-order valence-electron chi connectivity index (χ2n) is 3.14. The van der Waals surface area contributed by atoms with Gasteiger partial charge in [-0.05, 0) is 18.2 Å². The number of hydrogen-bond donors (Lipinski definition) is 1. The van der Waals surface area contributed by atoms with E-state index >= 15 is 0 Å². The minimum atomic E-state index is -0.169. The van der Waals surface area contributed by atoms with Crippen LogP contribution in [-0.2, 0) is 4.79 Å². The second kappa shape index (κ2) is 4.41. The predicted octanol–water partition coefficient (Wildman–Crippen LogP) is 0.864. The van der Waals surface area contributed by atoms with E-state index in [2.05, 4.69) is 21.8 Å². The van der Waals surface area contributed by atoms with Crippen molar-refractivity contribution in [2.24, 2.45) is 0 Å². The number of fused-ring (bicyclic) bond motifs is 1. The van der Waals surface area contributed by atoms with E-state index in [1.165, 1.54) is 6.33 Å². The Bertz CT molecular complexity index is 647. The number of hydrogen-bond acceptors (Lipinski definition) is 3. The van der Waals surface area contributed by atoms with Gasteiger partial charge in [0.05, 0.1) is 23.7 Å². The van der Waals surface area contributed by atoms with E-state index in [9.17, 15) is 9.59 Å². The van der Waals surface area contributed by atoms with Crippen LogP contribution in [0.5, 0.6) is 0 Å².